The van der Waals surface area contributed by atoms with Gasteiger partial charge in [0.05, 0.1) is 6.61 Å². The highest BCUT2D eigenvalue weighted by atomic mass is 16.6. The van der Waals surface area contributed by atoms with Gasteiger partial charge < -0.3 is 19.5 Å². The lowest BCUT2D eigenvalue weighted by Crippen LogP contribution is -2.23. The normalized spacial score (nSPS) is 12.6. The summed E-state index contributed by atoms with van der Waals surface area (Å²) in [5, 5.41) is 2.90. The first kappa shape index (κ1) is 15.2. The van der Waals surface area contributed by atoms with Crippen molar-refractivity contribution >= 4 is 5.91 Å². The van der Waals surface area contributed by atoms with Crippen molar-refractivity contribution in [1.82, 2.24) is 5.32 Å². The Labute approximate surface area is 135 Å². The van der Waals surface area contributed by atoms with E-state index in [1.165, 1.54) is 0 Å². The van der Waals surface area contributed by atoms with Gasteiger partial charge in [0.2, 0.25) is 0 Å². The molecule has 2 aromatic rings. The first-order valence-electron chi connectivity index (χ1n) is 7.66. The zero-order valence-corrected chi connectivity index (χ0v) is 13.0. The number of hydrogen-bond acceptors (Lipinski definition) is 4. The largest absolute Gasteiger partial charge is 0.494 e. The van der Waals surface area contributed by atoms with Crippen LogP contribution in [0.3, 0.4) is 0 Å². The van der Waals surface area contributed by atoms with Crippen LogP contribution in [0, 0.1) is 0 Å². The summed E-state index contributed by atoms with van der Waals surface area (Å²) in [6.07, 6.45) is 0. The van der Waals surface area contributed by atoms with Crippen LogP contribution in [-0.4, -0.2) is 25.7 Å². The zero-order chi connectivity index (χ0) is 16.1. The molecule has 23 heavy (non-hydrogen) atoms. The summed E-state index contributed by atoms with van der Waals surface area (Å²) in [5.74, 6) is 1.95. The average Bonchev–Trinajstić information content (AvgIpc) is 2.60. The molecular weight excluding hydrogens is 294 g/mol. The SMILES string of the molecule is CCOc1cccc(CNC(=O)c2ccc3c(c2)OCCO3)c1. The third-order valence-corrected chi connectivity index (χ3v) is 3.47. The minimum atomic E-state index is -0.149. The fraction of sp³-hybridized carbons (Fsp3) is 0.278. The van der Waals surface area contributed by atoms with E-state index in [2.05, 4.69) is 5.32 Å². The van der Waals surface area contributed by atoms with Crippen LogP contribution < -0.4 is 19.5 Å². The standard InChI is InChI=1S/C18H19NO4/c1-2-21-15-5-3-4-13(10-15)12-19-18(20)14-6-7-16-17(11-14)23-9-8-22-16/h3-7,10-11H,2,8-9,12H2,1H3,(H,19,20). The molecule has 0 spiro atoms. The molecule has 1 N–H and O–H groups in total. The molecule has 0 radical (unpaired) electrons. The van der Waals surface area contributed by atoms with Crippen LogP contribution in [0.5, 0.6) is 17.2 Å². The van der Waals surface area contributed by atoms with E-state index in [-0.39, 0.29) is 5.91 Å². The highest BCUT2D eigenvalue weighted by molar-refractivity contribution is 5.94. The van der Waals surface area contributed by atoms with Gasteiger partial charge >= 0.3 is 0 Å². The molecule has 0 aromatic heterocycles. The Bertz CT molecular complexity index is 699. The summed E-state index contributed by atoms with van der Waals surface area (Å²) in [7, 11) is 0. The van der Waals surface area contributed by atoms with E-state index in [1.807, 2.05) is 31.2 Å². The molecule has 0 unspecified atom stereocenters. The second kappa shape index (κ2) is 7.05. The molecular formula is C18H19NO4. The van der Waals surface area contributed by atoms with Crippen LogP contribution in [0.15, 0.2) is 42.5 Å². The van der Waals surface area contributed by atoms with Gasteiger partial charge in [0, 0.05) is 12.1 Å². The topological polar surface area (TPSA) is 56.8 Å². The number of carbonyl (C=O) groups excluding carboxylic acids is 1. The van der Waals surface area contributed by atoms with Crippen LogP contribution >= 0.6 is 0 Å². The molecule has 1 aliphatic heterocycles. The third-order valence-electron chi connectivity index (χ3n) is 3.47. The fourth-order valence-corrected chi connectivity index (χ4v) is 2.38. The number of rotatable bonds is 5. The second-order valence-corrected chi connectivity index (χ2v) is 5.12. The number of carbonyl (C=O) groups is 1. The van der Waals surface area contributed by atoms with Crippen molar-refractivity contribution in [2.75, 3.05) is 19.8 Å². The lowest BCUT2D eigenvalue weighted by atomic mass is 10.1. The smallest absolute Gasteiger partial charge is 0.251 e. The Hall–Kier alpha value is -2.69. The Balaban J connectivity index is 1.64. The molecule has 3 rings (SSSR count). The first-order chi connectivity index (χ1) is 11.3. The van der Waals surface area contributed by atoms with Gasteiger partial charge in [0.15, 0.2) is 11.5 Å². The molecule has 0 fully saturated rings. The summed E-state index contributed by atoms with van der Waals surface area (Å²) in [4.78, 5) is 12.3. The van der Waals surface area contributed by atoms with Gasteiger partial charge in [-0.25, -0.2) is 0 Å². The van der Waals surface area contributed by atoms with Crippen molar-refractivity contribution in [2.24, 2.45) is 0 Å². The summed E-state index contributed by atoms with van der Waals surface area (Å²) < 4.78 is 16.4. The van der Waals surface area contributed by atoms with Crippen molar-refractivity contribution in [3.05, 3.63) is 53.6 Å². The molecule has 0 atom stereocenters. The molecule has 0 bridgehead atoms. The summed E-state index contributed by atoms with van der Waals surface area (Å²) in [6, 6.07) is 12.9. The first-order valence-corrected chi connectivity index (χ1v) is 7.66. The molecule has 120 valence electrons. The molecule has 0 saturated carbocycles. The number of amides is 1. The minimum absolute atomic E-state index is 0.149. The van der Waals surface area contributed by atoms with Crippen LogP contribution in [-0.2, 0) is 6.54 Å². The van der Waals surface area contributed by atoms with E-state index in [1.54, 1.807) is 18.2 Å². The lowest BCUT2D eigenvalue weighted by molar-refractivity contribution is 0.0949. The molecule has 5 nitrogen and oxygen atoms in total. The van der Waals surface area contributed by atoms with Gasteiger partial charge in [-0.3, -0.25) is 4.79 Å². The number of hydrogen-bond donors (Lipinski definition) is 1. The summed E-state index contributed by atoms with van der Waals surface area (Å²) >= 11 is 0. The van der Waals surface area contributed by atoms with E-state index in [4.69, 9.17) is 14.2 Å². The Morgan fingerprint density at radius 3 is 2.78 bits per heavy atom. The monoisotopic (exact) mass is 313 g/mol. The van der Waals surface area contributed by atoms with Crippen molar-refractivity contribution in [1.29, 1.82) is 0 Å². The van der Waals surface area contributed by atoms with E-state index in [0.717, 1.165) is 11.3 Å². The maximum Gasteiger partial charge on any atom is 0.251 e. The third kappa shape index (κ3) is 3.74. The molecule has 2 aromatic carbocycles. The molecule has 1 heterocycles. The van der Waals surface area contributed by atoms with Crippen molar-refractivity contribution in [3.8, 4) is 17.2 Å². The van der Waals surface area contributed by atoms with Gasteiger partial charge in [-0.1, -0.05) is 12.1 Å². The second-order valence-electron chi connectivity index (χ2n) is 5.12. The Kier molecular flexibility index (Phi) is 4.66. The lowest BCUT2D eigenvalue weighted by Gasteiger charge is -2.18. The number of fused-ring (bicyclic) bond motifs is 1. The predicted molar refractivity (Wildman–Crippen MR) is 86.2 cm³/mol. The average molecular weight is 313 g/mol. The van der Waals surface area contributed by atoms with Crippen LogP contribution in [0.1, 0.15) is 22.8 Å². The van der Waals surface area contributed by atoms with E-state index < -0.39 is 0 Å². The molecule has 5 heteroatoms. The van der Waals surface area contributed by atoms with E-state index in [0.29, 0.717) is 43.4 Å². The quantitative estimate of drug-likeness (QED) is 0.922. The molecule has 0 aliphatic carbocycles. The van der Waals surface area contributed by atoms with Crippen molar-refractivity contribution in [3.63, 3.8) is 0 Å². The fourth-order valence-electron chi connectivity index (χ4n) is 2.38. The highest BCUT2D eigenvalue weighted by Gasteiger charge is 2.14. The van der Waals surface area contributed by atoms with Crippen LogP contribution in [0.25, 0.3) is 0 Å². The van der Waals surface area contributed by atoms with Crippen molar-refractivity contribution < 1.29 is 19.0 Å². The van der Waals surface area contributed by atoms with Gasteiger partial charge in [-0.2, -0.15) is 0 Å². The highest BCUT2D eigenvalue weighted by Crippen LogP contribution is 2.30. The minimum Gasteiger partial charge on any atom is -0.494 e. The van der Waals surface area contributed by atoms with E-state index in [9.17, 15) is 4.79 Å². The number of nitrogens with one attached hydrogen (secondary N) is 1. The van der Waals surface area contributed by atoms with E-state index >= 15 is 0 Å². The molecule has 1 amide bonds. The maximum absolute atomic E-state index is 12.3. The summed E-state index contributed by atoms with van der Waals surface area (Å²) in [6.45, 7) is 4.04. The van der Waals surface area contributed by atoms with Gasteiger partial charge in [-0.15, -0.1) is 0 Å². The van der Waals surface area contributed by atoms with Gasteiger partial charge in [0.1, 0.15) is 19.0 Å². The zero-order valence-electron chi connectivity index (χ0n) is 13.0. The van der Waals surface area contributed by atoms with Gasteiger partial charge in [0.25, 0.3) is 5.91 Å². The molecule has 0 saturated heterocycles. The maximum atomic E-state index is 12.3. The number of ether oxygens (including phenoxy) is 3. The van der Waals surface area contributed by atoms with Crippen LogP contribution in [0.4, 0.5) is 0 Å². The predicted octanol–water partition coefficient (Wildman–Crippen LogP) is 2.79. The molecule has 1 aliphatic rings. The van der Waals surface area contributed by atoms with Gasteiger partial charge in [-0.05, 0) is 42.8 Å². The Morgan fingerprint density at radius 2 is 1.96 bits per heavy atom. The van der Waals surface area contributed by atoms with Crippen LogP contribution in [0.2, 0.25) is 0 Å². The van der Waals surface area contributed by atoms with Crippen molar-refractivity contribution in [2.45, 2.75) is 13.5 Å². The summed E-state index contributed by atoms with van der Waals surface area (Å²) in [5.41, 5.74) is 1.54. The number of benzene rings is 2. The Morgan fingerprint density at radius 1 is 1.13 bits per heavy atom.